The van der Waals surface area contributed by atoms with Gasteiger partial charge in [-0.3, -0.25) is 19.2 Å². The number of nitro benzene ring substituents is 1. The van der Waals surface area contributed by atoms with Gasteiger partial charge in [-0.25, -0.2) is 13.8 Å². The van der Waals surface area contributed by atoms with Crippen LogP contribution in [0.5, 0.6) is 11.5 Å². The molecule has 0 fully saturated rings. The number of rotatable bonds is 11. The van der Waals surface area contributed by atoms with Crippen LogP contribution in [0.4, 0.5) is 11.4 Å². The molecule has 0 atom stereocenters. The average Bonchev–Trinajstić information content (AvgIpc) is 3.27. The Balaban J connectivity index is 1.66. The molecule has 0 saturated carbocycles. The third-order valence-electron chi connectivity index (χ3n) is 6.59. The summed E-state index contributed by atoms with van der Waals surface area (Å²) in [4.78, 5) is 23.4. The molecule has 0 aliphatic heterocycles. The second kappa shape index (κ2) is 13.4. The van der Waals surface area contributed by atoms with Crippen molar-refractivity contribution in [3.63, 3.8) is 0 Å². The van der Waals surface area contributed by atoms with Gasteiger partial charge in [-0.05, 0) is 56.3 Å². The van der Waals surface area contributed by atoms with Crippen molar-refractivity contribution >= 4 is 56.7 Å². The van der Waals surface area contributed by atoms with Crippen LogP contribution in [0, 0.1) is 24.0 Å². The number of benzene rings is 3. The van der Waals surface area contributed by atoms with Crippen LogP contribution in [0.3, 0.4) is 0 Å². The molecule has 0 aliphatic rings. The van der Waals surface area contributed by atoms with Crippen LogP contribution in [0.1, 0.15) is 17.0 Å². The number of hydrogen-bond donors (Lipinski definition) is 1. The smallest absolute Gasteiger partial charge is 0.289 e. The molecule has 1 amide bonds. The SMILES string of the molecule is COc1ccc(N(CC(=O)N/N=C\c2cc(C)n(-c3ccc(Cl)cc3Cl)c2C)S(=O)(=O)c2ccccc2[N+](=O)[O-])c(OC)c1. The third-order valence-corrected chi connectivity index (χ3v) is 8.93. The van der Waals surface area contributed by atoms with Gasteiger partial charge < -0.3 is 14.0 Å². The lowest BCUT2D eigenvalue weighted by Crippen LogP contribution is -2.40. The first-order valence-corrected chi connectivity index (χ1v) is 15.0. The van der Waals surface area contributed by atoms with E-state index in [4.69, 9.17) is 32.7 Å². The molecule has 1 heterocycles. The van der Waals surface area contributed by atoms with E-state index in [1.54, 1.807) is 18.2 Å². The van der Waals surface area contributed by atoms with Crippen LogP contribution in [0.25, 0.3) is 5.69 Å². The first-order valence-electron chi connectivity index (χ1n) is 12.8. The predicted octanol–water partition coefficient (Wildman–Crippen LogP) is 5.67. The van der Waals surface area contributed by atoms with Gasteiger partial charge in [-0.2, -0.15) is 5.10 Å². The van der Waals surface area contributed by atoms with E-state index in [1.165, 1.54) is 50.8 Å². The average molecular weight is 661 g/mol. The number of anilines is 1. The molecule has 15 heteroatoms. The maximum atomic E-state index is 13.9. The van der Waals surface area contributed by atoms with Crippen LogP contribution >= 0.6 is 23.2 Å². The van der Waals surface area contributed by atoms with Crippen LogP contribution in [-0.4, -0.2) is 50.8 Å². The van der Waals surface area contributed by atoms with Crippen LogP contribution < -0.4 is 19.2 Å². The minimum Gasteiger partial charge on any atom is -0.497 e. The first kappa shape index (κ1) is 32.3. The van der Waals surface area contributed by atoms with Gasteiger partial charge in [0.2, 0.25) is 0 Å². The normalized spacial score (nSPS) is 11.4. The Kier molecular flexibility index (Phi) is 9.82. The third kappa shape index (κ3) is 6.64. The molecule has 3 aromatic carbocycles. The standard InChI is InChI=1S/C29H27Cl2N5O7S/c1-18-13-20(19(2)35(18)24-11-9-21(30)14-23(24)31)16-32-33-29(37)17-34(25-12-10-22(42-3)15-27(25)43-4)44(40,41)28-8-6-5-7-26(28)36(38)39/h5-16H,17H2,1-4H3,(H,33,37)/b32-16-. The Labute approximate surface area is 263 Å². The summed E-state index contributed by atoms with van der Waals surface area (Å²) in [7, 11) is -1.94. The summed E-state index contributed by atoms with van der Waals surface area (Å²) in [6, 6.07) is 16.1. The van der Waals surface area contributed by atoms with E-state index in [0.29, 0.717) is 31.4 Å². The maximum absolute atomic E-state index is 13.9. The van der Waals surface area contributed by atoms with Gasteiger partial charge in [-0.1, -0.05) is 35.3 Å². The van der Waals surface area contributed by atoms with Gasteiger partial charge in [0.05, 0.1) is 41.8 Å². The zero-order valence-electron chi connectivity index (χ0n) is 23.9. The van der Waals surface area contributed by atoms with Gasteiger partial charge >= 0.3 is 0 Å². The molecular formula is C29H27Cl2N5O7S. The van der Waals surface area contributed by atoms with Gasteiger partial charge in [-0.15, -0.1) is 0 Å². The van der Waals surface area contributed by atoms with E-state index in [0.717, 1.165) is 23.5 Å². The summed E-state index contributed by atoms with van der Waals surface area (Å²) in [6.45, 7) is 2.94. The van der Waals surface area contributed by atoms with Crippen molar-refractivity contribution < 1.29 is 27.6 Å². The van der Waals surface area contributed by atoms with Crippen molar-refractivity contribution in [1.82, 2.24) is 9.99 Å². The fourth-order valence-electron chi connectivity index (χ4n) is 4.53. The number of hydrazone groups is 1. The number of amides is 1. The largest absolute Gasteiger partial charge is 0.497 e. The fourth-order valence-corrected chi connectivity index (χ4v) is 6.61. The lowest BCUT2D eigenvalue weighted by molar-refractivity contribution is -0.387. The number of hydrogen-bond acceptors (Lipinski definition) is 8. The number of methoxy groups -OCH3 is 2. The van der Waals surface area contributed by atoms with Gasteiger partial charge in [0, 0.05) is 34.1 Å². The highest BCUT2D eigenvalue weighted by atomic mass is 35.5. The van der Waals surface area contributed by atoms with Gasteiger partial charge in [0.15, 0.2) is 4.90 Å². The number of nitrogens with one attached hydrogen (secondary N) is 1. The Morgan fingerprint density at radius 1 is 1.07 bits per heavy atom. The Bertz CT molecular complexity index is 1880. The van der Waals surface area contributed by atoms with Crippen molar-refractivity contribution in [1.29, 1.82) is 0 Å². The van der Waals surface area contributed by atoms with E-state index < -0.39 is 38.0 Å². The number of aryl methyl sites for hydroxylation is 1. The number of carbonyl (C=O) groups is 1. The van der Waals surface area contributed by atoms with Gasteiger partial charge in [0.25, 0.3) is 21.6 Å². The molecule has 4 rings (SSSR count). The minimum absolute atomic E-state index is 0.0473. The molecule has 0 saturated heterocycles. The molecule has 0 bridgehead atoms. The van der Waals surface area contributed by atoms with E-state index >= 15 is 0 Å². The Hall–Kier alpha value is -4.59. The molecule has 4 aromatic rings. The minimum atomic E-state index is -4.67. The highest BCUT2D eigenvalue weighted by Crippen LogP contribution is 2.37. The van der Waals surface area contributed by atoms with Crippen molar-refractivity contribution in [2.45, 2.75) is 18.7 Å². The monoisotopic (exact) mass is 659 g/mol. The number of nitrogens with zero attached hydrogens (tertiary/aromatic N) is 4. The summed E-state index contributed by atoms with van der Waals surface area (Å²) in [5, 5.41) is 16.7. The molecule has 230 valence electrons. The van der Waals surface area contributed by atoms with E-state index in [1.807, 2.05) is 24.5 Å². The quantitative estimate of drug-likeness (QED) is 0.124. The first-order chi connectivity index (χ1) is 20.9. The highest BCUT2D eigenvalue weighted by Gasteiger charge is 2.34. The second-order valence-corrected chi connectivity index (χ2v) is 12.0. The fraction of sp³-hybridized carbons (Fsp3) is 0.172. The topological polar surface area (TPSA) is 145 Å². The molecular weight excluding hydrogens is 633 g/mol. The predicted molar refractivity (Wildman–Crippen MR) is 168 cm³/mol. The lowest BCUT2D eigenvalue weighted by Gasteiger charge is -2.25. The van der Waals surface area contributed by atoms with E-state index in [-0.39, 0.29) is 11.4 Å². The zero-order chi connectivity index (χ0) is 32.2. The molecule has 0 aliphatic carbocycles. The van der Waals surface area contributed by atoms with E-state index in [2.05, 4.69) is 10.5 Å². The maximum Gasteiger partial charge on any atom is 0.289 e. The summed E-state index contributed by atoms with van der Waals surface area (Å²) < 4.78 is 40.9. The number of ether oxygens (including phenoxy) is 2. The summed E-state index contributed by atoms with van der Waals surface area (Å²) in [5.41, 5.74) is 4.62. The molecule has 0 radical (unpaired) electrons. The molecule has 12 nitrogen and oxygen atoms in total. The number of aromatic nitrogens is 1. The number of para-hydroxylation sites is 1. The van der Waals surface area contributed by atoms with Crippen molar-refractivity contribution in [3.8, 4) is 17.2 Å². The van der Waals surface area contributed by atoms with E-state index in [9.17, 15) is 23.3 Å². The van der Waals surface area contributed by atoms with Crippen LogP contribution in [0.2, 0.25) is 10.0 Å². The Morgan fingerprint density at radius 2 is 1.80 bits per heavy atom. The molecule has 44 heavy (non-hydrogen) atoms. The van der Waals surface area contributed by atoms with Crippen molar-refractivity contribution in [2.75, 3.05) is 25.1 Å². The van der Waals surface area contributed by atoms with Gasteiger partial charge in [0.1, 0.15) is 18.0 Å². The number of carbonyl (C=O) groups excluding carboxylic acids is 1. The van der Waals surface area contributed by atoms with Crippen molar-refractivity contribution in [2.24, 2.45) is 5.10 Å². The summed E-state index contributed by atoms with van der Waals surface area (Å²) >= 11 is 12.4. The molecule has 0 spiro atoms. The van der Waals surface area contributed by atoms with Crippen molar-refractivity contribution in [3.05, 3.63) is 104 Å². The number of sulfonamides is 1. The molecule has 1 aromatic heterocycles. The molecule has 0 unspecified atom stereocenters. The summed E-state index contributed by atoms with van der Waals surface area (Å²) in [5.74, 6) is -0.410. The second-order valence-electron chi connectivity index (χ2n) is 9.33. The zero-order valence-corrected chi connectivity index (χ0v) is 26.3. The number of nitro groups is 1. The van der Waals surface area contributed by atoms with Crippen LogP contribution in [0.15, 0.2) is 76.7 Å². The highest BCUT2D eigenvalue weighted by molar-refractivity contribution is 7.93. The van der Waals surface area contributed by atoms with Crippen LogP contribution in [-0.2, 0) is 14.8 Å². The molecule has 1 N–H and O–H groups in total. The number of halogens is 2. The lowest BCUT2D eigenvalue weighted by atomic mass is 10.2. The Morgan fingerprint density at radius 3 is 2.45 bits per heavy atom. The summed E-state index contributed by atoms with van der Waals surface area (Å²) in [6.07, 6.45) is 1.41.